The van der Waals surface area contributed by atoms with E-state index >= 15 is 0 Å². The summed E-state index contributed by atoms with van der Waals surface area (Å²) >= 11 is 0. The number of nitrogens with zero attached hydrogens (tertiary/aromatic N) is 2. The number of pyridine rings is 1. The van der Waals surface area contributed by atoms with E-state index in [4.69, 9.17) is 5.73 Å². The number of hydrogen-bond acceptors (Lipinski definition) is 2. The Kier molecular flexibility index (Phi) is 2.25. The second kappa shape index (κ2) is 3.42. The lowest BCUT2D eigenvalue weighted by atomic mass is 10.1. The summed E-state index contributed by atoms with van der Waals surface area (Å²) in [5.74, 6) is 0. The molecule has 1 unspecified atom stereocenters. The minimum absolute atomic E-state index is 0.179. The average Bonchev–Trinajstić information content (AvgIpc) is 2.45. The third-order valence-electron chi connectivity index (χ3n) is 2.23. The van der Waals surface area contributed by atoms with E-state index in [2.05, 4.69) is 11.1 Å². The summed E-state index contributed by atoms with van der Waals surface area (Å²) in [6.45, 7) is 4.02. The molecule has 74 valence electrons. The highest BCUT2D eigenvalue weighted by Crippen LogP contribution is 2.12. The fourth-order valence-corrected chi connectivity index (χ4v) is 1.70. The molecule has 0 radical (unpaired) electrons. The van der Waals surface area contributed by atoms with Crippen molar-refractivity contribution < 1.29 is 0 Å². The Hall–Kier alpha value is -1.35. The van der Waals surface area contributed by atoms with Crippen molar-refractivity contribution in [2.24, 2.45) is 5.73 Å². The van der Waals surface area contributed by atoms with Crippen LogP contribution in [0.1, 0.15) is 18.2 Å². The number of imidazole rings is 1. The van der Waals surface area contributed by atoms with Crippen molar-refractivity contribution in [3.8, 4) is 0 Å². The first-order valence-corrected chi connectivity index (χ1v) is 4.85. The molecule has 0 bridgehead atoms. The fraction of sp³-hybridized carbons (Fsp3) is 0.364. The van der Waals surface area contributed by atoms with Crippen molar-refractivity contribution in [1.29, 1.82) is 0 Å². The average molecular weight is 189 g/mol. The summed E-state index contributed by atoms with van der Waals surface area (Å²) in [5.41, 5.74) is 9.08. The van der Waals surface area contributed by atoms with Gasteiger partial charge in [-0.2, -0.15) is 0 Å². The minimum Gasteiger partial charge on any atom is -0.328 e. The largest absolute Gasteiger partial charge is 0.328 e. The second-order valence-electron chi connectivity index (χ2n) is 3.83. The van der Waals surface area contributed by atoms with Crippen LogP contribution < -0.4 is 5.73 Å². The van der Waals surface area contributed by atoms with Crippen LogP contribution in [0.5, 0.6) is 0 Å². The maximum atomic E-state index is 5.79. The molecule has 0 saturated heterocycles. The van der Waals surface area contributed by atoms with Crippen molar-refractivity contribution in [2.75, 3.05) is 0 Å². The van der Waals surface area contributed by atoms with Gasteiger partial charge in [0.1, 0.15) is 5.65 Å². The zero-order valence-corrected chi connectivity index (χ0v) is 8.57. The van der Waals surface area contributed by atoms with Gasteiger partial charge < -0.3 is 10.1 Å². The molecule has 0 aliphatic rings. The van der Waals surface area contributed by atoms with Crippen LogP contribution in [0.25, 0.3) is 5.65 Å². The first kappa shape index (κ1) is 9.21. The lowest BCUT2D eigenvalue weighted by molar-refractivity contribution is 0.738. The number of aryl methyl sites for hydroxylation is 1. The standard InChI is InChI=1S/C11H15N3/c1-8(12)6-10-4-3-5-14-7-9(2)13-11(10)14/h3-5,7-8H,6,12H2,1-2H3. The molecule has 0 saturated carbocycles. The first-order chi connectivity index (χ1) is 6.66. The molecule has 2 heterocycles. The van der Waals surface area contributed by atoms with E-state index in [0.29, 0.717) is 0 Å². The van der Waals surface area contributed by atoms with Gasteiger partial charge in [0, 0.05) is 18.4 Å². The molecular weight excluding hydrogens is 174 g/mol. The SMILES string of the molecule is Cc1cn2cccc(CC(C)N)c2n1. The molecule has 2 N–H and O–H groups in total. The molecule has 2 aromatic heterocycles. The van der Waals surface area contributed by atoms with Crippen LogP contribution in [0.4, 0.5) is 0 Å². The Morgan fingerprint density at radius 1 is 1.57 bits per heavy atom. The summed E-state index contributed by atoms with van der Waals surface area (Å²) in [5, 5.41) is 0. The van der Waals surface area contributed by atoms with Crippen molar-refractivity contribution >= 4 is 5.65 Å². The molecule has 0 spiro atoms. The predicted octanol–water partition coefficient (Wildman–Crippen LogP) is 1.53. The van der Waals surface area contributed by atoms with Gasteiger partial charge in [0.15, 0.2) is 0 Å². The molecule has 0 aliphatic carbocycles. The van der Waals surface area contributed by atoms with Crippen LogP contribution in [0.3, 0.4) is 0 Å². The molecule has 0 aliphatic heterocycles. The summed E-state index contributed by atoms with van der Waals surface area (Å²) in [6, 6.07) is 4.30. The van der Waals surface area contributed by atoms with E-state index < -0.39 is 0 Å². The van der Waals surface area contributed by atoms with Gasteiger partial charge >= 0.3 is 0 Å². The van der Waals surface area contributed by atoms with Crippen LogP contribution >= 0.6 is 0 Å². The number of fused-ring (bicyclic) bond motifs is 1. The van der Waals surface area contributed by atoms with Crippen molar-refractivity contribution in [3.63, 3.8) is 0 Å². The molecule has 0 fully saturated rings. The Morgan fingerprint density at radius 2 is 2.36 bits per heavy atom. The predicted molar refractivity (Wildman–Crippen MR) is 57.3 cm³/mol. The molecule has 2 aromatic rings. The van der Waals surface area contributed by atoms with Crippen LogP contribution in [0.15, 0.2) is 24.5 Å². The quantitative estimate of drug-likeness (QED) is 0.778. The van der Waals surface area contributed by atoms with Gasteiger partial charge in [-0.05, 0) is 31.9 Å². The smallest absolute Gasteiger partial charge is 0.140 e. The fourth-order valence-electron chi connectivity index (χ4n) is 1.70. The lowest BCUT2D eigenvalue weighted by Gasteiger charge is -2.05. The number of hydrogen-bond donors (Lipinski definition) is 1. The van der Waals surface area contributed by atoms with Crippen LogP contribution in [-0.2, 0) is 6.42 Å². The molecule has 1 atom stereocenters. The zero-order valence-electron chi connectivity index (χ0n) is 8.57. The monoisotopic (exact) mass is 189 g/mol. The Balaban J connectivity index is 2.53. The maximum absolute atomic E-state index is 5.79. The maximum Gasteiger partial charge on any atom is 0.140 e. The molecule has 0 amide bonds. The van der Waals surface area contributed by atoms with E-state index in [1.807, 2.05) is 36.7 Å². The highest BCUT2D eigenvalue weighted by Gasteiger charge is 2.05. The van der Waals surface area contributed by atoms with E-state index in [1.165, 1.54) is 5.56 Å². The van der Waals surface area contributed by atoms with E-state index in [-0.39, 0.29) is 6.04 Å². The van der Waals surface area contributed by atoms with Crippen molar-refractivity contribution in [2.45, 2.75) is 26.3 Å². The summed E-state index contributed by atoms with van der Waals surface area (Å²) in [6.07, 6.45) is 4.92. The summed E-state index contributed by atoms with van der Waals surface area (Å²) in [7, 11) is 0. The van der Waals surface area contributed by atoms with Gasteiger partial charge in [0.05, 0.1) is 5.69 Å². The van der Waals surface area contributed by atoms with Gasteiger partial charge in [-0.3, -0.25) is 0 Å². The van der Waals surface area contributed by atoms with Crippen LogP contribution in [-0.4, -0.2) is 15.4 Å². The first-order valence-electron chi connectivity index (χ1n) is 4.85. The Morgan fingerprint density at radius 3 is 3.07 bits per heavy atom. The van der Waals surface area contributed by atoms with Gasteiger partial charge in [0.25, 0.3) is 0 Å². The molecule has 2 rings (SSSR count). The number of nitrogens with two attached hydrogens (primary N) is 1. The van der Waals surface area contributed by atoms with Gasteiger partial charge in [-0.25, -0.2) is 4.98 Å². The third-order valence-corrected chi connectivity index (χ3v) is 2.23. The molecule has 3 heteroatoms. The van der Waals surface area contributed by atoms with Crippen molar-refractivity contribution in [1.82, 2.24) is 9.38 Å². The minimum atomic E-state index is 0.179. The number of rotatable bonds is 2. The second-order valence-corrected chi connectivity index (χ2v) is 3.83. The molecule has 3 nitrogen and oxygen atoms in total. The van der Waals surface area contributed by atoms with Crippen molar-refractivity contribution in [3.05, 3.63) is 35.8 Å². The lowest BCUT2D eigenvalue weighted by Crippen LogP contribution is -2.18. The van der Waals surface area contributed by atoms with Crippen LogP contribution in [0.2, 0.25) is 0 Å². The molecule has 14 heavy (non-hydrogen) atoms. The zero-order chi connectivity index (χ0) is 10.1. The number of aromatic nitrogens is 2. The van der Waals surface area contributed by atoms with E-state index in [9.17, 15) is 0 Å². The summed E-state index contributed by atoms with van der Waals surface area (Å²) < 4.78 is 2.05. The van der Waals surface area contributed by atoms with E-state index in [1.54, 1.807) is 0 Å². The van der Waals surface area contributed by atoms with Gasteiger partial charge in [0.2, 0.25) is 0 Å². The highest BCUT2D eigenvalue weighted by molar-refractivity contribution is 5.49. The van der Waals surface area contributed by atoms with Gasteiger partial charge in [-0.1, -0.05) is 6.07 Å². The van der Waals surface area contributed by atoms with E-state index in [0.717, 1.165) is 17.8 Å². The topological polar surface area (TPSA) is 43.3 Å². The third kappa shape index (κ3) is 1.63. The molecule has 0 aromatic carbocycles. The van der Waals surface area contributed by atoms with Gasteiger partial charge in [-0.15, -0.1) is 0 Å². The Bertz CT molecular complexity index is 443. The normalized spacial score (nSPS) is 13.4. The molecular formula is C11H15N3. The Labute approximate surface area is 83.6 Å². The van der Waals surface area contributed by atoms with Crippen LogP contribution in [0, 0.1) is 6.92 Å². The highest BCUT2D eigenvalue weighted by atomic mass is 15.0. The summed E-state index contributed by atoms with van der Waals surface area (Å²) in [4.78, 5) is 4.47.